The Hall–Kier alpha value is -6.25. The number of rotatable bonds is 36. The van der Waals surface area contributed by atoms with E-state index in [1.54, 1.807) is 13.0 Å². The third-order valence-corrected chi connectivity index (χ3v) is 12.2. The van der Waals surface area contributed by atoms with E-state index in [2.05, 4.69) is 57.8 Å². The van der Waals surface area contributed by atoms with Gasteiger partial charge in [-0.2, -0.15) is 0 Å². The molecule has 2 aliphatic rings. The number of nitrogens with two attached hydrogens (primary N) is 5. The highest BCUT2D eigenvalue weighted by Crippen LogP contribution is 2.20. The summed E-state index contributed by atoms with van der Waals surface area (Å²) in [4.78, 5) is 129. The van der Waals surface area contributed by atoms with Gasteiger partial charge < -0.3 is 81.6 Å². The van der Waals surface area contributed by atoms with Crippen molar-refractivity contribution in [3.8, 4) is 0 Å². The summed E-state index contributed by atoms with van der Waals surface area (Å²) in [6, 6.07) is -9.13. The van der Waals surface area contributed by atoms with Gasteiger partial charge in [-0.25, -0.2) is 0 Å². The zero-order valence-electron chi connectivity index (χ0n) is 43.8. The van der Waals surface area contributed by atoms with Crippen LogP contribution in [0.3, 0.4) is 0 Å². The molecule has 26 heteroatoms. The van der Waals surface area contributed by atoms with Gasteiger partial charge >= 0.3 is 0 Å². The number of nitrogens with zero attached hydrogens (tertiary/aromatic N) is 2. The largest absolute Gasteiger partial charge is 0.394 e. The minimum Gasteiger partial charge on any atom is -0.394 e. The van der Waals surface area contributed by atoms with Gasteiger partial charge in [-0.1, -0.05) is 33.8 Å². The van der Waals surface area contributed by atoms with Gasteiger partial charge in [0.15, 0.2) is 11.7 Å². The molecule has 74 heavy (non-hydrogen) atoms. The van der Waals surface area contributed by atoms with Crippen molar-refractivity contribution in [1.82, 2.24) is 47.9 Å². The SMILES string of the molecule is CC(C)CC(NC(=O)C(CC(C)C)NC(=O)C(CCCNC(C)N)NC(=O)C(CCCN=C(N)N)NC(=O)C(CC1CN=CN1)NC(=O)C(CCCN)NC(=O)CCC1C=CC(=O)CC1)C(=O)NC(CO)C(N)=O. The quantitative estimate of drug-likeness (QED) is 0.0124. The van der Waals surface area contributed by atoms with Crippen molar-refractivity contribution in [2.45, 2.75) is 173 Å². The molecule has 0 saturated heterocycles. The molecule has 8 amide bonds. The number of carbonyl (C=O) groups is 9. The van der Waals surface area contributed by atoms with Gasteiger partial charge in [0.25, 0.3) is 0 Å². The van der Waals surface area contributed by atoms with Crippen molar-refractivity contribution in [1.29, 1.82) is 0 Å². The summed E-state index contributed by atoms with van der Waals surface area (Å²) in [7, 11) is 0. The van der Waals surface area contributed by atoms with Crippen LogP contribution in [0.15, 0.2) is 22.1 Å². The number of amides is 8. The first-order valence-electron chi connectivity index (χ1n) is 25.7. The van der Waals surface area contributed by atoms with E-state index in [0.29, 0.717) is 38.6 Å². The molecular formula is C48H86N16O10. The normalized spacial score (nSPS) is 18.3. The Morgan fingerprint density at radius 1 is 0.716 bits per heavy atom. The number of allylic oxidation sites excluding steroid dienone is 2. The smallest absolute Gasteiger partial charge is 0.243 e. The first kappa shape index (κ1) is 63.9. The molecule has 0 radical (unpaired) electrons. The summed E-state index contributed by atoms with van der Waals surface area (Å²) in [5, 5.41) is 34.6. The van der Waals surface area contributed by atoms with Gasteiger partial charge in [0.1, 0.15) is 42.3 Å². The van der Waals surface area contributed by atoms with Gasteiger partial charge in [-0.15, -0.1) is 0 Å². The first-order valence-corrected chi connectivity index (χ1v) is 25.7. The Morgan fingerprint density at radius 3 is 1.69 bits per heavy atom. The van der Waals surface area contributed by atoms with E-state index in [-0.39, 0.29) is 107 Å². The average molecular weight is 1050 g/mol. The molecule has 26 nitrogen and oxygen atoms in total. The summed E-state index contributed by atoms with van der Waals surface area (Å²) in [5.74, 6) is -6.22. The summed E-state index contributed by atoms with van der Waals surface area (Å²) >= 11 is 0. The number of guanidine groups is 1. The standard InChI is InChI=1S/C48H86N16O10/c1-27(2)21-36(45(72)62-37(22-28(3)4)46(73)64-39(25-65)41(51)68)61-44(71)35(10-7-19-55-29(5)50)59-43(70)34(11-8-20-56-48(52)53)60-47(74)38(23-31-24-54-26-57-31)63-42(69)33(9-6-18-49)58-40(67)17-14-30-12-15-32(66)16-13-30/h12,15,26-31,33-39,55,65H,6-11,13-14,16-25,49-50H2,1-5H3,(H2,51,68)(H,54,57)(H,58,67)(H,59,70)(H,60,74)(H,61,71)(H,62,72)(H,63,69)(H,64,73)(H4,52,53,56). The predicted molar refractivity (Wildman–Crippen MR) is 279 cm³/mol. The van der Waals surface area contributed by atoms with E-state index in [1.807, 2.05) is 27.7 Å². The molecule has 0 fully saturated rings. The molecule has 418 valence electrons. The fourth-order valence-corrected chi connectivity index (χ4v) is 8.14. The number of aliphatic imine (C=N–C) groups is 2. The number of primary amides is 1. The summed E-state index contributed by atoms with van der Waals surface area (Å²) in [6.07, 6.45) is 7.28. The molecule has 10 atom stereocenters. The predicted octanol–water partition coefficient (Wildman–Crippen LogP) is -3.88. The molecule has 2 rings (SSSR count). The van der Waals surface area contributed by atoms with Crippen LogP contribution < -0.4 is 76.5 Å². The van der Waals surface area contributed by atoms with E-state index in [9.17, 15) is 48.3 Å². The molecule has 0 aromatic rings. The van der Waals surface area contributed by atoms with Crippen LogP contribution in [0.1, 0.15) is 118 Å². The monoisotopic (exact) mass is 1050 g/mol. The number of ketones is 1. The highest BCUT2D eigenvalue weighted by atomic mass is 16.3. The molecule has 0 saturated carbocycles. The Morgan fingerprint density at radius 2 is 1.22 bits per heavy atom. The fraction of sp³-hybridized carbons (Fsp3) is 0.729. The Labute approximate surface area is 434 Å². The summed E-state index contributed by atoms with van der Waals surface area (Å²) in [5.41, 5.74) is 28.1. The van der Waals surface area contributed by atoms with Crippen molar-refractivity contribution >= 4 is 65.3 Å². The molecule has 0 spiro atoms. The number of carbonyl (C=O) groups excluding carboxylic acids is 9. The molecule has 1 heterocycles. The van der Waals surface area contributed by atoms with E-state index >= 15 is 0 Å². The van der Waals surface area contributed by atoms with Crippen molar-refractivity contribution in [3.63, 3.8) is 0 Å². The van der Waals surface area contributed by atoms with E-state index < -0.39 is 102 Å². The minimum atomic E-state index is -1.40. The van der Waals surface area contributed by atoms with Gasteiger partial charge in [-0.05, 0) is 114 Å². The maximum atomic E-state index is 14.5. The van der Waals surface area contributed by atoms with Crippen molar-refractivity contribution in [3.05, 3.63) is 12.2 Å². The average Bonchev–Trinajstić information content (AvgIpc) is 3.85. The Kier molecular flexibility index (Phi) is 29.6. The molecule has 1 aliphatic heterocycles. The van der Waals surface area contributed by atoms with Crippen LogP contribution >= 0.6 is 0 Å². The van der Waals surface area contributed by atoms with Crippen LogP contribution in [0.5, 0.6) is 0 Å². The third-order valence-electron chi connectivity index (χ3n) is 12.2. The van der Waals surface area contributed by atoms with E-state index in [1.165, 1.54) is 12.4 Å². The van der Waals surface area contributed by atoms with Crippen molar-refractivity contribution in [2.75, 3.05) is 32.8 Å². The van der Waals surface area contributed by atoms with Crippen LogP contribution in [0, 0.1) is 17.8 Å². The van der Waals surface area contributed by atoms with Crippen LogP contribution in [-0.2, 0) is 43.2 Å². The maximum absolute atomic E-state index is 14.5. The Bertz CT molecular complexity index is 1940. The number of nitrogens with one attached hydrogen (secondary N) is 9. The number of aliphatic hydroxyl groups excluding tert-OH is 1. The topological polar surface area (TPSA) is 437 Å². The lowest BCUT2D eigenvalue weighted by atomic mass is 9.91. The van der Waals surface area contributed by atoms with Crippen LogP contribution in [0.2, 0.25) is 0 Å². The lowest BCUT2D eigenvalue weighted by Gasteiger charge is -2.29. The third kappa shape index (κ3) is 25.6. The lowest BCUT2D eigenvalue weighted by Crippen LogP contribution is -2.60. The van der Waals surface area contributed by atoms with Gasteiger partial charge in [0.05, 0.1) is 25.7 Å². The molecule has 1 aliphatic carbocycles. The highest BCUT2D eigenvalue weighted by Gasteiger charge is 2.35. The van der Waals surface area contributed by atoms with Gasteiger partial charge in [0.2, 0.25) is 47.3 Å². The van der Waals surface area contributed by atoms with Crippen molar-refractivity contribution < 1.29 is 48.3 Å². The number of aliphatic hydroxyl groups is 1. The maximum Gasteiger partial charge on any atom is 0.243 e. The van der Waals surface area contributed by atoms with Crippen LogP contribution in [-0.4, -0.2) is 158 Å². The van der Waals surface area contributed by atoms with Crippen LogP contribution in [0.25, 0.3) is 0 Å². The van der Waals surface area contributed by atoms with E-state index in [4.69, 9.17) is 28.7 Å². The lowest BCUT2D eigenvalue weighted by molar-refractivity contribution is -0.136. The molecule has 0 aromatic heterocycles. The molecule has 0 bridgehead atoms. The second-order valence-corrected chi connectivity index (χ2v) is 19.9. The zero-order chi connectivity index (χ0) is 55.3. The fourth-order valence-electron chi connectivity index (χ4n) is 8.14. The first-order chi connectivity index (χ1) is 35.0. The summed E-state index contributed by atoms with van der Waals surface area (Å²) < 4.78 is 0. The van der Waals surface area contributed by atoms with Crippen LogP contribution in [0.4, 0.5) is 0 Å². The van der Waals surface area contributed by atoms with Gasteiger partial charge in [-0.3, -0.25) is 53.1 Å². The van der Waals surface area contributed by atoms with Crippen molar-refractivity contribution in [2.24, 2.45) is 56.4 Å². The van der Waals surface area contributed by atoms with Gasteiger partial charge in [0, 0.05) is 25.4 Å². The van der Waals surface area contributed by atoms with E-state index in [0.717, 1.165) is 0 Å². The number of hydrogen-bond donors (Lipinski definition) is 15. The number of hydrogen-bond acceptors (Lipinski definition) is 16. The highest BCUT2D eigenvalue weighted by molar-refractivity contribution is 5.97. The molecule has 20 N–H and O–H groups in total. The second kappa shape index (κ2) is 34.3. The molecule has 0 aromatic carbocycles. The Balaban J connectivity index is 2.45. The summed E-state index contributed by atoms with van der Waals surface area (Å²) in [6.45, 7) is 9.14. The molecule has 10 unspecified atom stereocenters. The molecular weight excluding hydrogens is 961 g/mol. The second-order valence-electron chi connectivity index (χ2n) is 19.9. The minimum absolute atomic E-state index is 0.0218. The zero-order valence-corrected chi connectivity index (χ0v) is 43.8.